The van der Waals surface area contributed by atoms with E-state index in [1.807, 2.05) is 6.92 Å². The molecular formula is C23H28N2O. The maximum Gasteiger partial charge on any atom is 0.227 e. The molecule has 1 aromatic carbocycles. The lowest BCUT2D eigenvalue weighted by molar-refractivity contribution is -0.0622. The molecule has 0 spiro atoms. The average Bonchev–Trinajstić information content (AvgIpc) is 2.93. The van der Waals surface area contributed by atoms with Gasteiger partial charge in [-0.1, -0.05) is 19.1 Å². The first-order valence-corrected chi connectivity index (χ1v) is 9.94. The first-order chi connectivity index (χ1) is 12.4. The number of benzene rings is 1. The van der Waals surface area contributed by atoms with Gasteiger partial charge in [-0.05, 0) is 70.2 Å². The van der Waals surface area contributed by atoms with E-state index in [4.69, 9.17) is 4.42 Å². The summed E-state index contributed by atoms with van der Waals surface area (Å²) >= 11 is 0. The maximum atomic E-state index is 6.40. The fourth-order valence-corrected chi connectivity index (χ4v) is 6.07. The second-order valence-corrected chi connectivity index (χ2v) is 8.99. The molecule has 3 fully saturated rings. The van der Waals surface area contributed by atoms with Gasteiger partial charge in [-0.25, -0.2) is 4.98 Å². The standard InChI is InChI=1S/C23H28N2O/c1-13-6-8-17-18-9-7-14(2)24-22(18)26-21(17)19(13)20-16(4)25-11-10-23(20,5)12-15(25)3/h6-9,15-16,20H,10-12H2,1-5H3. The third-order valence-electron chi connectivity index (χ3n) is 7.24. The van der Waals surface area contributed by atoms with Crippen molar-refractivity contribution in [2.24, 2.45) is 5.41 Å². The highest BCUT2D eigenvalue weighted by Gasteiger charge is 2.52. The van der Waals surface area contributed by atoms with Gasteiger partial charge in [-0.2, -0.15) is 0 Å². The van der Waals surface area contributed by atoms with E-state index in [1.54, 1.807) is 0 Å². The summed E-state index contributed by atoms with van der Waals surface area (Å²) in [4.78, 5) is 7.36. The van der Waals surface area contributed by atoms with Crippen molar-refractivity contribution in [3.05, 3.63) is 41.1 Å². The maximum absolute atomic E-state index is 6.40. The second kappa shape index (κ2) is 5.32. The van der Waals surface area contributed by atoms with Gasteiger partial charge >= 0.3 is 0 Å². The van der Waals surface area contributed by atoms with Crippen LogP contribution in [0.25, 0.3) is 22.1 Å². The first-order valence-electron chi connectivity index (χ1n) is 9.94. The van der Waals surface area contributed by atoms with Crippen LogP contribution >= 0.6 is 0 Å². The van der Waals surface area contributed by atoms with E-state index in [0.717, 1.165) is 22.4 Å². The lowest BCUT2D eigenvalue weighted by Crippen LogP contribution is -2.60. The topological polar surface area (TPSA) is 29.3 Å². The zero-order valence-corrected chi connectivity index (χ0v) is 16.5. The fraction of sp³-hybridized carbons (Fsp3) is 0.522. The summed E-state index contributed by atoms with van der Waals surface area (Å²) in [6.07, 6.45) is 2.55. The van der Waals surface area contributed by atoms with Crippen molar-refractivity contribution in [2.45, 2.75) is 65.5 Å². The van der Waals surface area contributed by atoms with Crippen molar-refractivity contribution < 1.29 is 4.42 Å². The van der Waals surface area contributed by atoms with Crippen molar-refractivity contribution in [3.63, 3.8) is 0 Å². The largest absolute Gasteiger partial charge is 0.437 e. The van der Waals surface area contributed by atoms with Crippen LogP contribution in [0.2, 0.25) is 0 Å². The highest BCUT2D eigenvalue weighted by atomic mass is 16.3. The third-order valence-corrected chi connectivity index (χ3v) is 7.24. The highest BCUT2D eigenvalue weighted by Crippen LogP contribution is 2.56. The smallest absolute Gasteiger partial charge is 0.227 e. The number of aryl methyl sites for hydroxylation is 2. The number of aromatic nitrogens is 1. The number of hydrogen-bond donors (Lipinski definition) is 0. The number of fused-ring (bicyclic) bond motifs is 6. The van der Waals surface area contributed by atoms with E-state index >= 15 is 0 Å². The van der Waals surface area contributed by atoms with Crippen LogP contribution in [0.1, 0.15) is 56.4 Å². The molecule has 136 valence electrons. The van der Waals surface area contributed by atoms with Crippen molar-refractivity contribution in [1.82, 2.24) is 9.88 Å². The Morgan fingerprint density at radius 2 is 1.88 bits per heavy atom. The molecule has 0 amide bonds. The lowest BCUT2D eigenvalue weighted by Gasteiger charge is -2.59. The molecule has 2 aromatic heterocycles. The lowest BCUT2D eigenvalue weighted by atomic mass is 9.58. The molecule has 0 radical (unpaired) electrons. The minimum absolute atomic E-state index is 0.342. The Labute approximate surface area is 155 Å². The van der Waals surface area contributed by atoms with E-state index in [2.05, 4.69) is 61.8 Å². The van der Waals surface area contributed by atoms with Crippen LogP contribution in [0.15, 0.2) is 28.7 Å². The van der Waals surface area contributed by atoms with Crippen LogP contribution in [-0.2, 0) is 0 Å². The predicted octanol–water partition coefficient (Wildman–Crippen LogP) is 5.57. The molecule has 3 aliphatic rings. The van der Waals surface area contributed by atoms with Crippen molar-refractivity contribution in [3.8, 4) is 0 Å². The summed E-state index contributed by atoms with van der Waals surface area (Å²) in [5.74, 6) is 0.512. The Hall–Kier alpha value is -1.87. The van der Waals surface area contributed by atoms with Gasteiger partial charge in [0.2, 0.25) is 5.71 Å². The van der Waals surface area contributed by atoms with E-state index in [9.17, 15) is 0 Å². The number of furan rings is 1. The van der Waals surface area contributed by atoms with E-state index in [0.29, 0.717) is 23.4 Å². The van der Waals surface area contributed by atoms with Crippen molar-refractivity contribution in [1.29, 1.82) is 0 Å². The van der Waals surface area contributed by atoms with Gasteiger partial charge in [0.15, 0.2) is 0 Å². The van der Waals surface area contributed by atoms with Gasteiger partial charge in [0, 0.05) is 40.0 Å². The number of pyridine rings is 1. The number of nitrogens with zero attached hydrogens (tertiary/aromatic N) is 2. The highest BCUT2D eigenvalue weighted by molar-refractivity contribution is 6.05. The van der Waals surface area contributed by atoms with Crippen LogP contribution in [0, 0.1) is 19.3 Å². The average molecular weight is 348 g/mol. The third kappa shape index (κ3) is 2.07. The van der Waals surface area contributed by atoms with E-state index in [-0.39, 0.29) is 0 Å². The quantitative estimate of drug-likeness (QED) is 0.575. The molecule has 3 saturated heterocycles. The summed E-state index contributed by atoms with van der Waals surface area (Å²) in [7, 11) is 0. The van der Waals surface area contributed by atoms with Crippen molar-refractivity contribution in [2.75, 3.05) is 6.54 Å². The summed E-state index contributed by atoms with van der Waals surface area (Å²) in [5.41, 5.74) is 5.97. The van der Waals surface area contributed by atoms with Gasteiger partial charge < -0.3 is 4.42 Å². The van der Waals surface area contributed by atoms with E-state index in [1.165, 1.54) is 35.9 Å². The van der Waals surface area contributed by atoms with Gasteiger partial charge in [0.25, 0.3) is 0 Å². The SMILES string of the molecule is Cc1ccc2c(n1)oc1c(C3C(C)N4CCC3(C)CC4C)c(C)ccc12. The molecule has 3 heteroatoms. The van der Waals surface area contributed by atoms with Crippen molar-refractivity contribution >= 4 is 22.1 Å². The Balaban J connectivity index is 1.79. The predicted molar refractivity (Wildman–Crippen MR) is 107 cm³/mol. The number of piperidine rings is 3. The summed E-state index contributed by atoms with van der Waals surface area (Å²) in [6, 6.07) is 9.96. The Morgan fingerprint density at radius 1 is 1.12 bits per heavy atom. The molecule has 3 aliphatic heterocycles. The number of hydrogen-bond acceptors (Lipinski definition) is 3. The van der Waals surface area contributed by atoms with Crippen LogP contribution in [0.4, 0.5) is 0 Å². The zero-order chi connectivity index (χ0) is 18.2. The molecule has 0 aliphatic carbocycles. The van der Waals surface area contributed by atoms with Crippen LogP contribution in [0.5, 0.6) is 0 Å². The normalized spacial score (nSPS) is 34.0. The molecule has 5 heterocycles. The van der Waals surface area contributed by atoms with Crippen LogP contribution < -0.4 is 0 Å². The molecule has 5 atom stereocenters. The molecule has 0 saturated carbocycles. The van der Waals surface area contributed by atoms with Gasteiger partial charge in [-0.3, -0.25) is 4.90 Å². The molecule has 5 unspecified atom stereocenters. The monoisotopic (exact) mass is 348 g/mol. The summed E-state index contributed by atoms with van der Waals surface area (Å²) in [5, 5.41) is 2.35. The van der Waals surface area contributed by atoms with E-state index < -0.39 is 0 Å². The molecule has 26 heavy (non-hydrogen) atoms. The minimum Gasteiger partial charge on any atom is -0.437 e. The van der Waals surface area contributed by atoms with Gasteiger partial charge in [0.1, 0.15) is 5.58 Å². The molecule has 2 bridgehead atoms. The Kier molecular flexibility index (Phi) is 3.34. The van der Waals surface area contributed by atoms with Crippen LogP contribution in [-0.4, -0.2) is 28.5 Å². The number of rotatable bonds is 1. The first kappa shape index (κ1) is 16.3. The summed E-state index contributed by atoms with van der Waals surface area (Å²) in [6.45, 7) is 12.8. The molecule has 3 aromatic rings. The zero-order valence-electron chi connectivity index (χ0n) is 16.5. The van der Waals surface area contributed by atoms with Gasteiger partial charge in [-0.15, -0.1) is 0 Å². The molecule has 0 N–H and O–H groups in total. The Bertz CT molecular complexity index is 1020. The fourth-order valence-electron chi connectivity index (χ4n) is 6.07. The molecular weight excluding hydrogens is 320 g/mol. The minimum atomic E-state index is 0.342. The second-order valence-electron chi connectivity index (χ2n) is 8.99. The van der Waals surface area contributed by atoms with Gasteiger partial charge in [0.05, 0.1) is 0 Å². The summed E-state index contributed by atoms with van der Waals surface area (Å²) < 4.78 is 6.40. The molecule has 3 nitrogen and oxygen atoms in total. The molecule has 6 rings (SSSR count). The Morgan fingerprint density at radius 3 is 2.62 bits per heavy atom. The van der Waals surface area contributed by atoms with Crippen LogP contribution in [0.3, 0.4) is 0 Å².